The van der Waals surface area contributed by atoms with E-state index in [0.29, 0.717) is 0 Å². The molecule has 4 nitrogen and oxygen atoms in total. The molecule has 122 valence electrons. The Balaban J connectivity index is 1.55. The second kappa shape index (κ2) is 6.90. The molecule has 1 aromatic rings. The Hall–Kier alpha value is -1.57. The van der Waals surface area contributed by atoms with Gasteiger partial charge in [-0.15, -0.1) is 0 Å². The lowest BCUT2D eigenvalue weighted by Gasteiger charge is -2.37. The van der Waals surface area contributed by atoms with E-state index in [1.54, 1.807) is 0 Å². The summed E-state index contributed by atoms with van der Waals surface area (Å²) < 4.78 is 0. The maximum Gasteiger partial charge on any atom is 0.243 e. The van der Waals surface area contributed by atoms with Crippen LogP contribution in [0.25, 0.3) is 0 Å². The molecule has 0 spiro atoms. The van der Waals surface area contributed by atoms with Crippen molar-refractivity contribution in [3.8, 4) is 6.07 Å². The first-order valence-corrected chi connectivity index (χ1v) is 8.68. The lowest BCUT2D eigenvalue weighted by molar-refractivity contribution is -0.140. The molecule has 0 N–H and O–H groups in total. The zero-order chi connectivity index (χ0) is 16.3. The van der Waals surface area contributed by atoms with Crippen molar-refractivity contribution in [1.29, 1.82) is 5.26 Å². The number of carbonyl (C=O) groups is 1. The Kier molecular flexibility index (Phi) is 4.89. The number of rotatable bonds is 3. The summed E-state index contributed by atoms with van der Waals surface area (Å²) in [6.07, 6.45) is 3.45. The molecule has 1 aliphatic heterocycles. The zero-order valence-electron chi connectivity index (χ0n) is 13.3. The van der Waals surface area contributed by atoms with Crippen LogP contribution in [0.4, 0.5) is 0 Å². The summed E-state index contributed by atoms with van der Waals surface area (Å²) in [5.74, 6) is 0.0589. The van der Waals surface area contributed by atoms with Crippen LogP contribution >= 0.6 is 11.6 Å². The van der Waals surface area contributed by atoms with Crippen molar-refractivity contribution in [1.82, 2.24) is 9.80 Å². The van der Waals surface area contributed by atoms with Crippen LogP contribution in [0, 0.1) is 16.7 Å². The highest BCUT2D eigenvalue weighted by Crippen LogP contribution is 2.39. The van der Waals surface area contributed by atoms with Gasteiger partial charge in [0, 0.05) is 37.7 Å². The summed E-state index contributed by atoms with van der Waals surface area (Å²) in [6, 6.07) is 10.2. The van der Waals surface area contributed by atoms with E-state index in [0.717, 1.165) is 63.4 Å². The fraction of sp³-hybridized carbons (Fsp3) is 0.556. The van der Waals surface area contributed by atoms with Gasteiger partial charge in [0.2, 0.25) is 5.91 Å². The van der Waals surface area contributed by atoms with E-state index >= 15 is 0 Å². The summed E-state index contributed by atoms with van der Waals surface area (Å²) in [4.78, 5) is 17.0. The van der Waals surface area contributed by atoms with Gasteiger partial charge in [-0.2, -0.15) is 5.26 Å². The van der Waals surface area contributed by atoms with Gasteiger partial charge < -0.3 is 4.90 Å². The molecule has 23 heavy (non-hydrogen) atoms. The lowest BCUT2D eigenvalue weighted by atomic mass is 9.86. The van der Waals surface area contributed by atoms with Crippen molar-refractivity contribution < 1.29 is 4.79 Å². The second-order valence-corrected chi connectivity index (χ2v) is 7.03. The van der Waals surface area contributed by atoms with Crippen LogP contribution in [-0.4, -0.2) is 41.9 Å². The van der Waals surface area contributed by atoms with Gasteiger partial charge in [-0.3, -0.25) is 9.69 Å². The number of amides is 1. The number of benzene rings is 1. The second-order valence-electron chi connectivity index (χ2n) is 6.60. The van der Waals surface area contributed by atoms with Crippen molar-refractivity contribution in [3.05, 3.63) is 34.9 Å². The maximum atomic E-state index is 12.7. The molecule has 0 bridgehead atoms. The quantitative estimate of drug-likeness (QED) is 0.855. The van der Waals surface area contributed by atoms with Gasteiger partial charge in [-0.1, -0.05) is 36.6 Å². The summed E-state index contributed by atoms with van der Waals surface area (Å²) in [6.45, 7) is 4.03. The third-order valence-corrected chi connectivity index (χ3v) is 5.31. The zero-order valence-corrected chi connectivity index (χ0v) is 14.1. The van der Waals surface area contributed by atoms with Crippen LogP contribution in [0.2, 0.25) is 5.02 Å². The monoisotopic (exact) mass is 331 g/mol. The van der Waals surface area contributed by atoms with Crippen molar-refractivity contribution in [2.75, 3.05) is 26.2 Å². The first-order chi connectivity index (χ1) is 11.1. The van der Waals surface area contributed by atoms with Crippen molar-refractivity contribution in [2.24, 2.45) is 5.41 Å². The normalized spacial score (nSPS) is 21.1. The van der Waals surface area contributed by atoms with Gasteiger partial charge in [0.25, 0.3) is 0 Å². The maximum absolute atomic E-state index is 12.7. The van der Waals surface area contributed by atoms with Gasteiger partial charge in [-0.25, -0.2) is 0 Å². The average molecular weight is 332 g/mol. The Morgan fingerprint density at radius 1 is 1.13 bits per heavy atom. The fourth-order valence-corrected chi connectivity index (χ4v) is 3.74. The Morgan fingerprint density at radius 3 is 2.30 bits per heavy atom. The summed E-state index contributed by atoms with van der Waals surface area (Å²) in [5, 5.41) is 10.2. The van der Waals surface area contributed by atoms with Gasteiger partial charge >= 0.3 is 0 Å². The molecule has 2 aliphatic rings. The van der Waals surface area contributed by atoms with E-state index in [1.807, 2.05) is 29.2 Å². The predicted octanol–water partition coefficient (Wildman–Crippen LogP) is 3.07. The number of nitrogens with zero attached hydrogens (tertiary/aromatic N) is 3. The number of hydrogen-bond acceptors (Lipinski definition) is 3. The third-order valence-electron chi connectivity index (χ3n) is 5.06. The van der Waals surface area contributed by atoms with Crippen molar-refractivity contribution in [2.45, 2.75) is 32.2 Å². The van der Waals surface area contributed by atoms with E-state index in [1.165, 1.54) is 5.56 Å². The topological polar surface area (TPSA) is 47.3 Å². The van der Waals surface area contributed by atoms with Gasteiger partial charge in [0.1, 0.15) is 5.41 Å². The minimum absolute atomic E-state index is 0.0589. The highest BCUT2D eigenvalue weighted by Gasteiger charge is 2.44. The highest BCUT2D eigenvalue weighted by molar-refractivity contribution is 6.30. The number of piperazine rings is 1. The van der Waals surface area contributed by atoms with Crippen LogP contribution in [0.3, 0.4) is 0 Å². The SMILES string of the molecule is N#CC1(C(=O)N2CCN(Cc3ccc(Cl)cc3)CC2)CCCC1. The molecule has 1 amide bonds. The third kappa shape index (κ3) is 3.52. The van der Waals surface area contributed by atoms with Crippen LogP contribution in [0.1, 0.15) is 31.2 Å². The molecular formula is C18H22ClN3O. The molecule has 3 rings (SSSR count). The molecule has 1 aliphatic carbocycles. The summed E-state index contributed by atoms with van der Waals surface area (Å²) >= 11 is 5.91. The molecule has 1 aromatic carbocycles. The van der Waals surface area contributed by atoms with E-state index in [9.17, 15) is 10.1 Å². The molecule has 1 heterocycles. The number of halogens is 1. The van der Waals surface area contributed by atoms with Crippen LogP contribution < -0.4 is 0 Å². The minimum Gasteiger partial charge on any atom is -0.339 e. The lowest BCUT2D eigenvalue weighted by Crippen LogP contribution is -2.52. The average Bonchev–Trinajstić information content (AvgIpc) is 3.07. The molecular weight excluding hydrogens is 310 g/mol. The molecule has 0 atom stereocenters. The molecule has 0 unspecified atom stereocenters. The number of carbonyl (C=O) groups excluding carboxylic acids is 1. The Labute approximate surface area is 142 Å². The largest absolute Gasteiger partial charge is 0.339 e. The first-order valence-electron chi connectivity index (χ1n) is 8.30. The van der Waals surface area contributed by atoms with E-state index in [4.69, 9.17) is 11.6 Å². The molecule has 1 saturated carbocycles. The smallest absolute Gasteiger partial charge is 0.243 e. The van der Waals surface area contributed by atoms with Crippen molar-refractivity contribution in [3.63, 3.8) is 0 Å². The van der Waals surface area contributed by atoms with Gasteiger partial charge in [0.05, 0.1) is 6.07 Å². The molecule has 2 fully saturated rings. The standard InChI is InChI=1S/C18H22ClN3O/c19-16-5-3-15(4-6-16)13-21-9-11-22(12-10-21)17(23)18(14-20)7-1-2-8-18/h3-6H,1-2,7-13H2. The van der Waals surface area contributed by atoms with Crippen molar-refractivity contribution >= 4 is 17.5 Å². The van der Waals surface area contributed by atoms with Gasteiger partial charge in [0.15, 0.2) is 0 Å². The molecule has 0 radical (unpaired) electrons. The van der Waals surface area contributed by atoms with Crippen LogP contribution in [0.5, 0.6) is 0 Å². The Bertz CT molecular complexity index is 594. The summed E-state index contributed by atoms with van der Waals surface area (Å²) in [7, 11) is 0. The van der Waals surface area contributed by atoms with Gasteiger partial charge in [-0.05, 0) is 30.5 Å². The minimum atomic E-state index is -0.738. The predicted molar refractivity (Wildman–Crippen MR) is 89.8 cm³/mol. The number of nitriles is 1. The highest BCUT2D eigenvalue weighted by atomic mass is 35.5. The summed E-state index contributed by atoms with van der Waals surface area (Å²) in [5.41, 5.74) is 0.497. The van der Waals surface area contributed by atoms with E-state index < -0.39 is 5.41 Å². The molecule has 1 saturated heterocycles. The van der Waals surface area contributed by atoms with E-state index in [-0.39, 0.29) is 5.91 Å². The fourth-order valence-electron chi connectivity index (χ4n) is 3.61. The Morgan fingerprint density at radius 2 is 1.74 bits per heavy atom. The van der Waals surface area contributed by atoms with E-state index in [2.05, 4.69) is 11.0 Å². The first kappa shape index (κ1) is 16.3. The number of hydrogen-bond donors (Lipinski definition) is 0. The van der Waals surface area contributed by atoms with Crippen LogP contribution in [0.15, 0.2) is 24.3 Å². The molecule has 5 heteroatoms. The van der Waals surface area contributed by atoms with Crippen LogP contribution in [-0.2, 0) is 11.3 Å². The molecule has 0 aromatic heterocycles.